The molecule has 3 nitrogen and oxygen atoms in total. The van der Waals surface area contributed by atoms with Crippen molar-refractivity contribution in [3.8, 4) is 0 Å². The van der Waals surface area contributed by atoms with Crippen molar-refractivity contribution in [3.05, 3.63) is 38.3 Å². The van der Waals surface area contributed by atoms with E-state index in [0.717, 1.165) is 10.2 Å². The summed E-state index contributed by atoms with van der Waals surface area (Å²) in [6.45, 7) is 0.498. The third-order valence-electron chi connectivity index (χ3n) is 2.47. The molecule has 18 heavy (non-hydrogen) atoms. The Balaban J connectivity index is 2.06. The highest BCUT2D eigenvalue weighted by molar-refractivity contribution is 9.11. The molecule has 0 spiro atoms. The summed E-state index contributed by atoms with van der Waals surface area (Å²) < 4.78 is 27.1. The molecule has 0 aliphatic rings. The zero-order valence-corrected chi connectivity index (χ0v) is 13.7. The van der Waals surface area contributed by atoms with Gasteiger partial charge in [-0.3, -0.25) is 0 Å². The molecule has 0 atom stereocenters. The number of sulfonamides is 1. The first-order valence-electron chi connectivity index (χ1n) is 5.24. The van der Waals surface area contributed by atoms with Crippen molar-refractivity contribution in [1.29, 1.82) is 0 Å². The van der Waals surface area contributed by atoms with Gasteiger partial charge in [-0.1, -0.05) is 6.07 Å². The number of nitrogens with zero attached hydrogens (tertiary/aromatic N) is 1. The molecule has 2 rings (SSSR count). The van der Waals surface area contributed by atoms with Gasteiger partial charge in [-0.05, 0) is 45.9 Å². The molecule has 0 saturated heterocycles. The topological polar surface area (TPSA) is 37.4 Å². The molecule has 7 heteroatoms. The Kier molecular flexibility index (Phi) is 4.60. The molecular formula is C11H12BrNO2S3. The second-order valence-corrected chi connectivity index (χ2v) is 9.48. The minimum absolute atomic E-state index is 0.378. The maximum absolute atomic E-state index is 12.2. The van der Waals surface area contributed by atoms with Crippen LogP contribution in [0.25, 0.3) is 0 Å². The number of thiophene rings is 2. The highest BCUT2D eigenvalue weighted by Crippen LogP contribution is 2.28. The third-order valence-corrected chi connectivity index (χ3v) is 7.35. The summed E-state index contributed by atoms with van der Waals surface area (Å²) in [6.07, 6.45) is 0.750. The molecule has 0 unspecified atom stereocenters. The van der Waals surface area contributed by atoms with Crippen LogP contribution in [-0.4, -0.2) is 26.3 Å². The van der Waals surface area contributed by atoms with Gasteiger partial charge in [0.1, 0.15) is 4.21 Å². The van der Waals surface area contributed by atoms with Crippen LogP contribution in [0.1, 0.15) is 4.88 Å². The molecule has 0 bridgehead atoms. The first kappa shape index (κ1) is 14.2. The zero-order chi connectivity index (χ0) is 13.2. The number of hydrogen-bond acceptors (Lipinski definition) is 4. The van der Waals surface area contributed by atoms with Gasteiger partial charge in [-0.2, -0.15) is 4.31 Å². The van der Waals surface area contributed by atoms with E-state index in [4.69, 9.17) is 0 Å². The molecule has 0 aromatic carbocycles. The maximum atomic E-state index is 12.2. The van der Waals surface area contributed by atoms with E-state index in [-0.39, 0.29) is 0 Å². The van der Waals surface area contributed by atoms with Crippen LogP contribution < -0.4 is 0 Å². The lowest BCUT2D eigenvalue weighted by Crippen LogP contribution is -2.28. The fourth-order valence-electron chi connectivity index (χ4n) is 1.43. The molecule has 2 aromatic rings. The number of halogens is 1. The van der Waals surface area contributed by atoms with Gasteiger partial charge in [0.15, 0.2) is 0 Å². The van der Waals surface area contributed by atoms with Crippen LogP contribution >= 0.6 is 38.6 Å². The SMILES string of the molecule is CN(CCc1cccs1)S(=O)(=O)c1ccc(Br)s1. The van der Waals surface area contributed by atoms with Crippen molar-refractivity contribution in [1.82, 2.24) is 4.31 Å². The molecule has 98 valence electrons. The molecule has 2 heterocycles. The minimum atomic E-state index is -3.34. The summed E-state index contributed by atoms with van der Waals surface area (Å²) in [7, 11) is -1.72. The predicted octanol–water partition coefficient (Wildman–Crippen LogP) is 3.44. The quantitative estimate of drug-likeness (QED) is 0.813. The molecule has 0 radical (unpaired) electrons. The van der Waals surface area contributed by atoms with E-state index < -0.39 is 10.0 Å². The second kappa shape index (κ2) is 5.83. The average Bonchev–Trinajstić information content (AvgIpc) is 2.96. The van der Waals surface area contributed by atoms with E-state index in [1.54, 1.807) is 30.5 Å². The number of hydrogen-bond donors (Lipinski definition) is 0. The van der Waals surface area contributed by atoms with Gasteiger partial charge >= 0.3 is 0 Å². The zero-order valence-electron chi connectivity index (χ0n) is 9.67. The van der Waals surface area contributed by atoms with Gasteiger partial charge in [-0.25, -0.2) is 8.42 Å². The molecule has 0 aliphatic carbocycles. The van der Waals surface area contributed by atoms with Gasteiger partial charge < -0.3 is 0 Å². The third kappa shape index (κ3) is 3.21. The Morgan fingerprint density at radius 3 is 2.67 bits per heavy atom. The monoisotopic (exact) mass is 365 g/mol. The van der Waals surface area contributed by atoms with Crippen LogP contribution in [0.15, 0.2) is 37.6 Å². The summed E-state index contributed by atoms with van der Waals surface area (Å²) in [6, 6.07) is 7.38. The van der Waals surface area contributed by atoms with Crippen molar-refractivity contribution < 1.29 is 8.42 Å². The van der Waals surface area contributed by atoms with E-state index in [1.165, 1.54) is 20.5 Å². The standard InChI is InChI=1S/C11H12BrNO2S3/c1-13(7-6-9-3-2-8-16-9)18(14,15)11-5-4-10(12)17-11/h2-5,8H,6-7H2,1H3. The van der Waals surface area contributed by atoms with E-state index in [0.29, 0.717) is 10.8 Å². The lowest BCUT2D eigenvalue weighted by molar-refractivity contribution is 0.475. The first-order chi connectivity index (χ1) is 8.50. The van der Waals surface area contributed by atoms with Gasteiger partial charge in [-0.15, -0.1) is 22.7 Å². The minimum Gasteiger partial charge on any atom is -0.206 e. The van der Waals surface area contributed by atoms with Crippen LogP contribution in [0.2, 0.25) is 0 Å². The van der Waals surface area contributed by atoms with Crippen LogP contribution in [0.4, 0.5) is 0 Å². The highest BCUT2D eigenvalue weighted by Gasteiger charge is 2.22. The Morgan fingerprint density at radius 2 is 2.11 bits per heavy atom. The van der Waals surface area contributed by atoms with Crippen molar-refractivity contribution in [2.45, 2.75) is 10.6 Å². The maximum Gasteiger partial charge on any atom is 0.252 e. The summed E-state index contributed by atoms with van der Waals surface area (Å²) >= 11 is 6.17. The van der Waals surface area contributed by atoms with Gasteiger partial charge in [0.2, 0.25) is 0 Å². The molecule has 2 aromatic heterocycles. The lowest BCUT2D eigenvalue weighted by atomic mass is 10.3. The molecule has 0 aliphatic heterocycles. The van der Waals surface area contributed by atoms with Gasteiger partial charge in [0.05, 0.1) is 3.79 Å². The Bertz CT molecular complexity index is 604. The summed E-state index contributed by atoms with van der Waals surface area (Å²) in [4.78, 5) is 1.20. The summed E-state index contributed by atoms with van der Waals surface area (Å²) in [5.41, 5.74) is 0. The van der Waals surface area contributed by atoms with Gasteiger partial charge in [0, 0.05) is 18.5 Å². The predicted molar refractivity (Wildman–Crippen MR) is 79.9 cm³/mol. The summed E-state index contributed by atoms with van der Waals surface area (Å²) in [5, 5.41) is 2.00. The largest absolute Gasteiger partial charge is 0.252 e. The highest BCUT2D eigenvalue weighted by atomic mass is 79.9. The van der Waals surface area contributed by atoms with Crippen LogP contribution in [0.5, 0.6) is 0 Å². The van der Waals surface area contributed by atoms with Crippen LogP contribution in [-0.2, 0) is 16.4 Å². The Labute approximate surface area is 123 Å². The molecule has 0 amide bonds. The normalized spacial score (nSPS) is 12.2. The van der Waals surface area contributed by atoms with E-state index >= 15 is 0 Å². The van der Waals surface area contributed by atoms with E-state index in [1.807, 2.05) is 17.5 Å². The van der Waals surface area contributed by atoms with Gasteiger partial charge in [0.25, 0.3) is 10.0 Å². The smallest absolute Gasteiger partial charge is 0.206 e. The molecular weight excluding hydrogens is 354 g/mol. The fraction of sp³-hybridized carbons (Fsp3) is 0.273. The average molecular weight is 366 g/mol. The van der Waals surface area contributed by atoms with Crippen molar-refractivity contribution in [3.63, 3.8) is 0 Å². The van der Waals surface area contributed by atoms with E-state index in [9.17, 15) is 8.42 Å². The Hall–Kier alpha value is -0.210. The first-order valence-corrected chi connectivity index (χ1v) is 9.17. The molecule has 0 saturated carbocycles. The lowest BCUT2D eigenvalue weighted by Gasteiger charge is -2.15. The van der Waals surface area contributed by atoms with Crippen LogP contribution in [0.3, 0.4) is 0 Å². The molecule has 0 fully saturated rings. The number of rotatable bonds is 5. The van der Waals surface area contributed by atoms with Crippen molar-refractivity contribution >= 4 is 48.6 Å². The van der Waals surface area contributed by atoms with Crippen molar-refractivity contribution in [2.24, 2.45) is 0 Å². The van der Waals surface area contributed by atoms with E-state index in [2.05, 4.69) is 15.9 Å². The molecule has 0 N–H and O–H groups in total. The second-order valence-electron chi connectivity index (χ2n) is 3.71. The van der Waals surface area contributed by atoms with Crippen molar-refractivity contribution in [2.75, 3.05) is 13.6 Å². The number of likely N-dealkylation sites (N-methyl/N-ethyl adjacent to an activating group) is 1. The fourth-order valence-corrected chi connectivity index (χ4v) is 5.52. The summed E-state index contributed by atoms with van der Waals surface area (Å²) in [5.74, 6) is 0. The van der Waals surface area contributed by atoms with Crippen LogP contribution in [0, 0.1) is 0 Å². The Morgan fingerprint density at radius 1 is 1.33 bits per heavy atom.